The highest BCUT2D eigenvalue weighted by Crippen LogP contribution is 2.38. The minimum atomic E-state index is -4.44. The van der Waals surface area contributed by atoms with Crippen molar-refractivity contribution < 1.29 is 17.9 Å². The second-order valence-electron chi connectivity index (χ2n) is 4.10. The fraction of sp³-hybridized carbons (Fsp3) is 0.700. The van der Waals surface area contributed by atoms with Crippen LogP contribution >= 0.6 is 35.4 Å². The van der Waals surface area contributed by atoms with Crippen molar-refractivity contribution in [3.63, 3.8) is 0 Å². The quantitative estimate of drug-likeness (QED) is 0.459. The molecule has 0 radical (unpaired) electrons. The first-order valence-electron chi connectivity index (χ1n) is 5.32. The van der Waals surface area contributed by atoms with Crippen molar-refractivity contribution in [2.24, 2.45) is 11.0 Å². The molecule has 0 heterocycles. The van der Waals surface area contributed by atoms with Crippen LogP contribution in [0.2, 0.25) is 0 Å². The third kappa shape index (κ3) is 4.89. The summed E-state index contributed by atoms with van der Waals surface area (Å²) < 4.78 is 40.9. The van der Waals surface area contributed by atoms with Gasteiger partial charge >= 0.3 is 6.18 Å². The smallest absolute Gasteiger partial charge is 0.422 e. The molecule has 0 amide bonds. The van der Waals surface area contributed by atoms with Gasteiger partial charge in [-0.15, -0.1) is 11.6 Å². The third-order valence-electron chi connectivity index (χ3n) is 2.67. The number of nitrogens with one attached hydrogen (secondary N) is 1. The molecule has 0 aromatic carbocycles. The topological polar surface area (TPSA) is 45.4 Å². The monoisotopic (exact) mass is 334 g/mol. The van der Waals surface area contributed by atoms with Gasteiger partial charge in [-0.2, -0.15) is 18.3 Å². The molecule has 19 heavy (non-hydrogen) atoms. The highest BCUT2D eigenvalue weighted by atomic mass is 35.5. The fourth-order valence-electron chi connectivity index (χ4n) is 1.79. The van der Waals surface area contributed by atoms with Crippen LogP contribution in [0.1, 0.15) is 12.8 Å². The Morgan fingerprint density at radius 2 is 2.21 bits per heavy atom. The van der Waals surface area contributed by atoms with Crippen LogP contribution in [0.25, 0.3) is 0 Å². The molecule has 0 saturated carbocycles. The Labute approximate surface area is 123 Å². The van der Waals surface area contributed by atoms with Gasteiger partial charge in [0.2, 0.25) is 0 Å². The summed E-state index contributed by atoms with van der Waals surface area (Å²) in [5.74, 6) is -0.242. The summed E-state index contributed by atoms with van der Waals surface area (Å²) in [5.41, 5.74) is 6.99. The second kappa shape index (κ2) is 6.85. The Bertz CT molecular complexity index is 381. The standard InChI is InChI=1S/C10H11Cl2F3N2OS/c11-6-1-5(8(3-19)17-16)2-7(12)9(6)18-4-10(13,14)15/h3,5-6,8,16H,1-2,4H2. The molecule has 0 aromatic heterocycles. The van der Waals surface area contributed by atoms with Gasteiger partial charge in [-0.1, -0.05) is 23.8 Å². The third-order valence-corrected chi connectivity index (χ3v) is 3.66. The largest absolute Gasteiger partial charge is 0.486 e. The van der Waals surface area contributed by atoms with E-state index < -0.39 is 24.2 Å². The molecule has 1 N–H and O–H groups in total. The lowest BCUT2D eigenvalue weighted by atomic mass is 9.87. The summed E-state index contributed by atoms with van der Waals surface area (Å²) in [6.07, 6.45) is -3.88. The first-order chi connectivity index (χ1) is 8.78. The molecule has 9 heteroatoms. The van der Waals surface area contributed by atoms with Crippen LogP contribution in [-0.2, 0) is 4.74 Å². The lowest BCUT2D eigenvalue weighted by Gasteiger charge is -2.29. The van der Waals surface area contributed by atoms with Crippen LogP contribution in [-0.4, -0.2) is 29.6 Å². The molecular weight excluding hydrogens is 324 g/mol. The van der Waals surface area contributed by atoms with Crippen molar-refractivity contribution in [1.29, 1.82) is 5.53 Å². The Kier molecular flexibility index (Phi) is 6.01. The Morgan fingerprint density at radius 3 is 2.63 bits per heavy atom. The molecule has 3 unspecified atom stereocenters. The molecule has 0 spiro atoms. The Morgan fingerprint density at radius 1 is 1.58 bits per heavy atom. The van der Waals surface area contributed by atoms with E-state index in [1.807, 2.05) is 0 Å². The average molecular weight is 335 g/mol. The molecule has 0 fully saturated rings. The number of hydrogen-bond donors (Lipinski definition) is 1. The van der Waals surface area contributed by atoms with E-state index >= 15 is 0 Å². The Hall–Kier alpha value is -0.400. The van der Waals surface area contributed by atoms with Gasteiger partial charge in [0.1, 0.15) is 11.8 Å². The van der Waals surface area contributed by atoms with Gasteiger partial charge in [-0.05, 0) is 18.8 Å². The number of thiocarbonyl (C=S) groups is 1. The molecule has 108 valence electrons. The fourth-order valence-corrected chi connectivity index (χ4v) is 2.94. The van der Waals surface area contributed by atoms with Gasteiger partial charge < -0.3 is 4.74 Å². The summed E-state index contributed by atoms with van der Waals surface area (Å²) in [5, 5.41) is 4.03. The van der Waals surface area contributed by atoms with Crippen molar-refractivity contribution in [3.05, 3.63) is 10.8 Å². The van der Waals surface area contributed by atoms with Gasteiger partial charge in [0.25, 0.3) is 0 Å². The lowest BCUT2D eigenvalue weighted by molar-refractivity contribution is -0.165. The second-order valence-corrected chi connectivity index (χ2v) is 5.35. The van der Waals surface area contributed by atoms with Gasteiger partial charge in [0.15, 0.2) is 6.61 Å². The minimum Gasteiger partial charge on any atom is -0.486 e. The lowest BCUT2D eigenvalue weighted by Crippen LogP contribution is -2.29. The predicted molar refractivity (Wildman–Crippen MR) is 69.8 cm³/mol. The zero-order valence-electron chi connectivity index (χ0n) is 9.58. The maximum absolute atomic E-state index is 12.1. The van der Waals surface area contributed by atoms with E-state index in [1.165, 1.54) is 5.37 Å². The first kappa shape index (κ1) is 16.7. The average Bonchev–Trinajstić information content (AvgIpc) is 2.28. The van der Waals surface area contributed by atoms with E-state index in [0.29, 0.717) is 6.42 Å². The molecule has 1 aliphatic rings. The van der Waals surface area contributed by atoms with E-state index in [1.54, 1.807) is 0 Å². The van der Waals surface area contributed by atoms with Crippen LogP contribution in [0.5, 0.6) is 0 Å². The Balaban J connectivity index is 2.76. The summed E-state index contributed by atoms with van der Waals surface area (Å²) in [6.45, 7) is -1.42. The number of hydrogen-bond acceptors (Lipinski definition) is 4. The van der Waals surface area contributed by atoms with E-state index in [0.717, 1.165) is 0 Å². The van der Waals surface area contributed by atoms with Gasteiger partial charge in [-0.25, -0.2) is 5.53 Å². The van der Waals surface area contributed by atoms with Crippen LogP contribution in [0.3, 0.4) is 0 Å². The normalized spacial score (nSPS) is 25.9. The van der Waals surface area contributed by atoms with Crippen LogP contribution in [0.15, 0.2) is 15.9 Å². The van der Waals surface area contributed by atoms with Gasteiger partial charge in [0.05, 0.1) is 10.4 Å². The van der Waals surface area contributed by atoms with E-state index in [4.69, 9.17) is 41.0 Å². The summed E-state index contributed by atoms with van der Waals surface area (Å²) >= 11 is 16.6. The molecule has 0 aliphatic heterocycles. The highest BCUT2D eigenvalue weighted by Gasteiger charge is 2.35. The van der Waals surface area contributed by atoms with E-state index in [2.05, 4.69) is 9.85 Å². The maximum Gasteiger partial charge on any atom is 0.422 e. The molecule has 1 aliphatic carbocycles. The number of rotatable bonds is 5. The number of alkyl halides is 4. The number of halogens is 5. The zero-order chi connectivity index (χ0) is 14.6. The molecule has 3 atom stereocenters. The van der Waals surface area contributed by atoms with Gasteiger partial charge in [0, 0.05) is 5.37 Å². The minimum absolute atomic E-state index is 0.0509. The van der Waals surface area contributed by atoms with Crippen LogP contribution in [0, 0.1) is 11.4 Å². The molecule has 0 bridgehead atoms. The summed E-state index contributed by atoms with van der Waals surface area (Å²) in [4.78, 5) is 0. The molecule has 0 saturated heterocycles. The number of allylic oxidation sites excluding steroid dienone is 2. The first-order valence-corrected chi connectivity index (χ1v) is 6.61. The predicted octanol–water partition coefficient (Wildman–Crippen LogP) is 4.43. The van der Waals surface area contributed by atoms with Crippen LogP contribution < -0.4 is 0 Å². The highest BCUT2D eigenvalue weighted by molar-refractivity contribution is 7.79. The zero-order valence-corrected chi connectivity index (χ0v) is 11.9. The van der Waals surface area contributed by atoms with Crippen molar-refractivity contribution >= 4 is 40.8 Å². The van der Waals surface area contributed by atoms with E-state index in [9.17, 15) is 13.2 Å². The summed E-state index contributed by atoms with van der Waals surface area (Å²) in [7, 11) is 0. The van der Waals surface area contributed by atoms with Crippen molar-refractivity contribution in [3.8, 4) is 0 Å². The molecule has 0 aromatic rings. The number of nitrogens with zero attached hydrogens (tertiary/aromatic N) is 1. The summed E-state index contributed by atoms with van der Waals surface area (Å²) in [6, 6.07) is -0.519. The molecular formula is C10H11Cl2F3N2OS. The van der Waals surface area contributed by atoms with Crippen molar-refractivity contribution in [2.45, 2.75) is 30.4 Å². The maximum atomic E-state index is 12.1. The van der Waals surface area contributed by atoms with Crippen LogP contribution in [0.4, 0.5) is 13.2 Å². The van der Waals surface area contributed by atoms with Crippen molar-refractivity contribution in [1.82, 2.24) is 0 Å². The molecule has 3 nitrogen and oxygen atoms in total. The van der Waals surface area contributed by atoms with Crippen molar-refractivity contribution in [2.75, 3.05) is 6.61 Å². The van der Waals surface area contributed by atoms with Gasteiger partial charge in [-0.3, -0.25) is 0 Å². The SMILES string of the molecule is N=NC(C=S)C1CC(Cl)=C(OCC(F)(F)F)C(Cl)C1. The molecule has 1 rings (SSSR count). The number of ether oxygens (including phenoxy) is 1. The van der Waals surface area contributed by atoms with E-state index in [-0.39, 0.29) is 23.1 Å².